The molecule has 0 saturated carbocycles. The molecule has 0 saturated heterocycles. The number of aromatic nitrogens is 2. The zero-order valence-corrected chi connectivity index (χ0v) is 16.0. The number of carbonyl (C=O) groups is 2. The van der Waals surface area contributed by atoms with Crippen molar-refractivity contribution in [2.24, 2.45) is 0 Å². The molecular weight excluding hydrogens is 376 g/mol. The van der Waals surface area contributed by atoms with E-state index in [1.54, 1.807) is 35.6 Å². The minimum atomic E-state index is -0.383. The van der Waals surface area contributed by atoms with E-state index in [9.17, 15) is 14.4 Å². The molecule has 3 N–H and O–H groups in total. The molecule has 2 aromatic heterocycles. The fourth-order valence-electron chi connectivity index (χ4n) is 3.41. The lowest BCUT2D eigenvalue weighted by atomic mass is 9.97. The topological polar surface area (TPSA) is 104 Å². The molecule has 144 valence electrons. The molecule has 0 atom stereocenters. The van der Waals surface area contributed by atoms with Crippen LogP contribution in [0.1, 0.15) is 45.9 Å². The van der Waals surface area contributed by atoms with Gasteiger partial charge in [-0.15, -0.1) is 11.3 Å². The molecule has 28 heavy (non-hydrogen) atoms. The minimum absolute atomic E-state index is 0.106. The molecule has 0 fully saturated rings. The molecule has 0 spiro atoms. The number of nitrogens with one attached hydrogen (secondary N) is 3. The highest BCUT2D eigenvalue weighted by Crippen LogP contribution is 2.33. The van der Waals surface area contributed by atoms with Crippen molar-refractivity contribution >= 4 is 33.4 Å². The van der Waals surface area contributed by atoms with Crippen molar-refractivity contribution in [2.45, 2.75) is 38.5 Å². The predicted molar refractivity (Wildman–Crippen MR) is 107 cm³/mol. The Morgan fingerprint density at radius 2 is 1.89 bits per heavy atom. The van der Waals surface area contributed by atoms with Gasteiger partial charge in [0.05, 0.1) is 5.39 Å². The first-order valence-corrected chi connectivity index (χ1v) is 10.1. The maximum atomic E-state index is 12.5. The average molecular weight is 396 g/mol. The van der Waals surface area contributed by atoms with Crippen LogP contribution in [0.15, 0.2) is 35.1 Å². The monoisotopic (exact) mass is 396 g/mol. The number of hydrazine groups is 1. The summed E-state index contributed by atoms with van der Waals surface area (Å²) in [6.45, 7) is 0. The second kappa shape index (κ2) is 7.93. The molecular formula is C20H20N4O3S. The van der Waals surface area contributed by atoms with Gasteiger partial charge in [-0.2, -0.15) is 0 Å². The van der Waals surface area contributed by atoms with Crippen LogP contribution in [0.3, 0.4) is 0 Å². The van der Waals surface area contributed by atoms with E-state index in [0.717, 1.165) is 36.1 Å². The predicted octanol–water partition coefficient (Wildman–Crippen LogP) is 2.26. The molecule has 0 unspecified atom stereocenters. The molecule has 0 bridgehead atoms. The smallest absolute Gasteiger partial charge is 0.269 e. The maximum Gasteiger partial charge on any atom is 0.269 e. The molecule has 1 aliphatic rings. The van der Waals surface area contributed by atoms with E-state index >= 15 is 0 Å². The van der Waals surface area contributed by atoms with E-state index in [4.69, 9.17) is 0 Å². The molecule has 3 aromatic rings. The second-order valence-electron chi connectivity index (χ2n) is 6.77. The van der Waals surface area contributed by atoms with E-state index in [1.165, 1.54) is 4.88 Å². The zero-order chi connectivity index (χ0) is 19.5. The molecule has 1 aliphatic carbocycles. The molecule has 8 heteroatoms. The van der Waals surface area contributed by atoms with E-state index in [1.807, 2.05) is 6.07 Å². The number of thiophene rings is 1. The standard InChI is InChI=1S/C20H20N4O3S/c25-16(23-24-18(26)12-6-2-1-3-7-12)11-10-15-21-19(27)17-13-8-4-5-9-14(13)28-20(17)22-15/h1-3,6-7H,4-5,8-11H2,(H,23,25)(H,24,26)(H,21,22,27). The Balaban J connectivity index is 1.38. The third kappa shape index (κ3) is 3.82. The highest BCUT2D eigenvalue weighted by Gasteiger charge is 2.19. The van der Waals surface area contributed by atoms with Gasteiger partial charge in [0.1, 0.15) is 10.7 Å². The number of aromatic amines is 1. The number of aryl methyl sites for hydroxylation is 3. The van der Waals surface area contributed by atoms with Crippen molar-refractivity contribution in [1.82, 2.24) is 20.8 Å². The Morgan fingerprint density at radius 3 is 2.71 bits per heavy atom. The van der Waals surface area contributed by atoms with Gasteiger partial charge in [0, 0.05) is 23.3 Å². The summed E-state index contributed by atoms with van der Waals surface area (Å²) in [6.07, 6.45) is 4.60. The van der Waals surface area contributed by atoms with Gasteiger partial charge in [0.25, 0.3) is 11.5 Å². The molecule has 0 radical (unpaired) electrons. The third-order valence-corrected chi connectivity index (χ3v) is 6.00. The first kappa shape index (κ1) is 18.4. The number of rotatable bonds is 4. The van der Waals surface area contributed by atoms with Gasteiger partial charge in [-0.1, -0.05) is 18.2 Å². The van der Waals surface area contributed by atoms with Gasteiger partial charge < -0.3 is 4.98 Å². The van der Waals surface area contributed by atoms with Crippen LogP contribution in [0.25, 0.3) is 10.2 Å². The summed E-state index contributed by atoms with van der Waals surface area (Å²) in [6, 6.07) is 8.62. The molecule has 2 heterocycles. The largest absolute Gasteiger partial charge is 0.310 e. The fraction of sp³-hybridized carbons (Fsp3) is 0.300. The van der Waals surface area contributed by atoms with Crippen LogP contribution in [0.5, 0.6) is 0 Å². The number of amides is 2. The van der Waals surface area contributed by atoms with Crippen LogP contribution in [0, 0.1) is 0 Å². The Labute approximate surface area is 165 Å². The highest BCUT2D eigenvalue weighted by molar-refractivity contribution is 7.18. The summed E-state index contributed by atoms with van der Waals surface area (Å²) in [5.74, 6) is -0.246. The van der Waals surface area contributed by atoms with Crippen molar-refractivity contribution < 1.29 is 9.59 Å². The van der Waals surface area contributed by atoms with Crippen molar-refractivity contribution in [2.75, 3.05) is 0 Å². The number of H-pyrrole nitrogens is 1. The number of hydrogen-bond donors (Lipinski definition) is 3. The van der Waals surface area contributed by atoms with Crippen LogP contribution >= 0.6 is 11.3 Å². The molecule has 1 aromatic carbocycles. The van der Waals surface area contributed by atoms with E-state index in [-0.39, 0.29) is 23.8 Å². The average Bonchev–Trinajstić information content (AvgIpc) is 3.10. The van der Waals surface area contributed by atoms with Gasteiger partial charge in [-0.25, -0.2) is 4.98 Å². The quantitative estimate of drug-likeness (QED) is 0.589. The Morgan fingerprint density at radius 1 is 1.11 bits per heavy atom. The second-order valence-corrected chi connectivity index (χ2v) is 7.86. The summed E-state index contributed by atoms with van der Waals surface area (Å²) in [5, 5.41) is 0.711. The first-order valence-electron chi connectivity index (χ1n) is 9.29. The number of hydrogen-bond acceptors (Lipinski definition) is 5. The van der Waals surface area contributed by atoms with Gasteiger partial charge >= 0.3 is 0 Å². The van der Waals surface area contributed by atoms with Crippen LogP contribution in [-0.2, 0) is 24.1 Å². The van der Waals surface area contributed by atoms with E-state index in [2.05, 4.69) is 20.8 Å². The van der Waals surface area contributed by atoms with Gasteiger partial charge in [-0.3, -0.25) is 25.2 Å². The SMILES string of the molecule is O=C(CCc1nc2sc3c(c2c(=O)[nH]1)CCCC3)NNC(=O)c1ccccc1. The summed E-state index contributed by atoms with van der Waals surface area (Å²) in [7, 11) is 0. The summed E-state index contributed by atoms with van der Waals surface area (Å²) in [5.41, 5.74) is 6.25. The zero-order valence-electron chi connectivity index (χ0n) is 15.2. The van der Waals surface area contributed by atoms with Crippen molar-refractivity contribution in [3.63, 3.8) is 0 Å². The maximum absolute atomic E-state index is 12.5. The van der Waals surface area contributed by atoms with Crippen LogP contribution < -0.4 is 16.4 Å². The van der Waals surface area contributed by atoms with Crippen LogP contribution in [-0.4, -0.2) is 21.8 Å². The van der Waals surface area contributed by atoms with E-state index < -0.39 is 0 Å². The first-order chi connectivity index (χ1) is 13.6. The summed E-state index contributed by atoms with van der Waals surface area (Å²) >= 11 is 1.59. The minimum Gasteiger partial charge on any atom is -0.310 e. The Bertz CT molecular complexity index is 1090. The summed E-state index contributed by atoms with van der Waals surface area (Å²) < 4.78 is 0. The van der Waals surface area contributed by atoms with Crippen molar-refractivity contribution in [3.8, 4) is 0 Å². The molecule has 0 aliphatic heterocycles. The molecule has 2 amide bonds. The normalized spacial score (nSPS) is 13.1. The lowest BCUT2D eigenvalue weighted by Crippen LogP contribution is -2.41. The van der Waals surface area contributed by atoms with Gasteiger partial charge in [-0.05, 0) is 43.4 Å². The van der Waals surface area contributed by atoms with Gasteiger partial charge in [0.15, 0.2) is 0 Å². The Kier molecular flexibility index (Phi) is 5.21. The van der Waals surface area contributed by atoms with Crippen LogP contribution in [0.2, 0.25) is 0 Å². The van der Waals surface area contributed by atoms with E-state index in [0.29, 0.717) is 23.2 Å². The highest BCUT2D eigenvalue weighted by atomic mass is 32.1. The third-order valence-electron chi connectivity index (χ3n) is 4.81. The molecule has 4 rings (SSSR count). The van der Waals surface area contributed by atoms with Crippen LogP contribution in [0.4, 0.5) is 0 Å². The van der Waals surface area contributed by atoms with Crippen molar-refractivity contribution in [1.29, 1.82) is 0 Å². The molecule has 7 nitrogen and oxygen atoms in total. The fourth-order valence-corrected chi connectivity index (χ4v) is 4.69. The number of fused-ring (bicyclic) bond motifs is 3. The van der Waals surface area contributed by atoms with Crippen molar-refractivity contribution in [3.05, 3.63) is 62.5 Å². The Hall–Kier alpha value is -3.00. The van der Waals surface area contributed by atoms with Gasteiger partial charge in [0.2, 0.25) is 5.91 Å². The summed E-state index contributed by atoms with van der Waals surface area (Å²) in [4.78, 5) is 45.8. The number of carbonyl (C=O) groups excluding carboxylic acids is 2. The number of nitrogens with zero attached hydrogens (tertiary/aromatic N) is 1. The lowest BCUT2D eigenvalue weighted by Gasteiger charge is -2.09. The number of benzene rings is 1. The lowest BCUT2D eigenvalue weighted by molar-refractivity contribution is -0.121.